The quantitative estimate of drug-likeness (QED) is 0.897. The van der Waals surface area contributed by atoms with Gasteiger partial charge in [0, 0.05) is 45.0 Å². The van der Waals surface area contributed by atoms with E-state index in [1.807, 2.05) is 37.5 Å². The molecule has 1 saturated heterocycles. The first-order chi connectivity index (χ1) is 12.2. The topological polar surface area (TPSA) is 79.2 Å². The average molecular weight is 357 g/mol. The molecule has 1 fully saturated rings. The van der Waals surface area contributed by atoms with Gasteiger partial charge >= 0.3 is 0 Å². The van der Waals surface area contributed by atoms with Crippen LogP contribution in [0.15, 0.2) is 24.8 Å². The summed E-state index contributed by atoms with van der Waals surface area (Å²) in [5.41, 5.74) is 1.08. The molecular weight excluding hydrogens is 330 g/mol. The van der Waals surface area contributed by atoms with Crippen molar-refractivity contribution in [1.29, 1.82) is 0 Å². The number of piperazine rings is 1. The fraction of sp³-hybridized carbons (Fsp3) is 0.556. The number of amides is 1. The third kappa shape index (κ3) is 3.95. The maximum absolute atomic E-state index is 12.0. The van der Waals surface area contributed by atoms with E-state index >= 15 is 0 Å². The molecule has 0 saturated carbocycles. The SMILES string of the molecule is CN1CCN(c2cc(NC(c3cnn(C)c3)C(C)(C)C)ncn2)CC1=O. The number of nitrogens with one attached hydrogen (secondary N) is 1. The minimum atomic E-state index is -0.0298. The summed E-state index contributed by atoms with van der Waals surface area (Å²) in [6, 6.07) is 1.96. The Balaban J connectivity index is 1.81. The van der Waals surface area contributed by atoms with Crippen molar-refractivity contribution in [2.45, 2.75) is 26.8 Å². The van der Waals surface area contributed by atoms with Gasteiger partial charge in [-0.25, -0.2) is 9.97 Å². The lowest BCUT2D eigenvalue weighted by Gasteiger charge is -2.33. The number of aryl methyl sites for hydroxylation is 1. The van der Waals surface area contributed by atoms with Gasteiger partial charge in [0.1, 0.15) is 18.0 Å². The van der Waals surface area contributed by atoms with Gasteiger partial charge in [0.25, 0.3) is 0 Å². The Morgan fingerprint density at radius 3 is 2.58 bits per heavy atom. The predicted octanol–water partition coefficient (Wildman–Crippen LogP) is 1.69. The second-order valence-electron chi connectivity index (χ2n) is 7.89. The number of carbonyl (C=O) groups excluding carboxylic acids is 1. The number of carbonyl (C=O) groups is 1. The van der Waals surface area contributed by atoms with E-state index in [-0.39, 0.29) is 17.4 Å². The number of hydrogen-bond donors (Lipinski definition) is 1. The highest BCUT2D eigenvalue weighted by Crippen LogP contribution is 2.35. The highest BCUT2D eigenvalue weighted by Gasteiger charge is 2.28. The Bertz CT molecular complexity index is 780. The largest absolute Gasteiger partial charge is 0.362 e. The normalized spacial score (nSPS) is 16.7. The first kappa shape index (κ1) is 18.2. The van der Waals surface area contributed by atoms with E-state index in [0.717, 1.165) is 23.7 Å². The van der Waals surface area contributed by atoms with Gasteiger partial charge in [-0.05, 0) is 5.41 Å². The molecule has 1 aliphatic heterocycles. The van der Waals surface area contributed by atoms with Gasteiger partial charge in [-0.3, -0.25) is 9.48 Å². The Morgan fingerprint density at radius 2 is 1.96 bits per heavy atom. The Kier molecular flexibility index (Phi) is 4.84. The Hall–Kier alpha value is -2.64. The first-order valence-electron chi connectivity index (χ1n) is 8.80. The van der Waals surface area contributed by atoms with Crippen molar-refractivity contribution in [2.75, 3.05) is 36.9 Å². The van der Waals surface area contributed by atoms with Gasteiger partial charge in [-0.1, -0.05) is 20.8 Å². The van der Waals surface area contributed by atoms with Crippen LogP contribution < -0.4 is 10.2 Å². The van der Waals surface area contributed by atoms with E-state index in [0.29, 0.717) is 13.1 Å². The van der Waals surface area contributed by atoms with Crippen molar-refractivity contribution >= 4 is 17.5 Å². The molecule has 8 nitrogen and oxygen atoms in total. The molecule has 26 heavy (non-hydrogen) atoms. The number of hydrogen-bond acceptors (Lipinski definition) is 6. The fourth-order valence-corrected chi connectivity index (χ4v) is 3.09. The van der Waals surface area contributed by atoms with Crippen molar-refractivity contribution < 1.29 is 4.79 Å². The summed E-state index contributed by atoms with van der Waals surface area (Å²) in [5, 5.41) is 7.81. The summed E-state index contributed by atoms with van der Waals surface area (Å²) < 4.78 is 1.80. The molecule has 8 heteroatoms. The number of anilines is 2. The van der Waals surface area contributed by atoms with Crippen LogP contribution in [0.3, 0.4) is 0 Å². The summed E-state index contributed by atoms with van der Waals surface area (Å²) in [7, 11) is 3.74. The lowest BCUT2D eigenvalue weighted by Crippen LogP contribution is -2.48. The molecule has 1 unspecified atom stereocenters. The second-order valence-corrected chi connectivity index (χ2v) is 7.89. The highest BCUT2D eigenvalue weighted by atomic mass is 16.2. The average Bonchev–Trinajstić information content (AvgIpc) is 3.00. The van der Waals surface area contributed by atoms with Gasteiger partial charge in [0.2, 0.25) is 5.91 Å². The van der Waals surface area contributed by atoms with Crippen LogP contribution in [0.5, 0.6) is 0 Å². The van der Waals surface area contributed by atoms with Crippen LogP contribution in [-0.2, 0) is 11.8 Å². The minimum Gasteiger partial charge on any atom is -0.362 e. The zero-order chi connectivity index (χ0) is 18.9. The summed E-state index contributed by atoms with van der Waals surface area (Å²) in [6.07, 6.45) is 5.44. The minimum absolute atomic E-state index is 0.0298. The summed E-state index contributed by atoms with van der Waals surface area (Å²) >= 11 is 0. The molecule has 0 aromatic carbocycles. The van der Waals surface area contributed by atoms with Crippen LogP contribution in [0.1, 0.15) is 32.4 Å². The number of rotatable bonds is 4. The Labute approximate surface area is 154 Å². The van der Waals surface area contributed by atoms with Crippen molar-refractivity contribution in [2.24, 2.45) is 12.5 Å². The molecule has 1 aliphatic rings. The monoisotopic (exact) mass is 357 g/mol. The maximum Gasteiger partial charge on any atom is 0.241 e. The number of nitrogens with zero attached hydrogens (tertiary/aromatic N) is 6. The van der Waals surface area contributed by atoms with Gasteiger partial charge in [-0.2, -0.15) is 5.10 Å². The Morgan fingerprint density at radius 1 is 1.19 bits per heavy atom. The van der Waals surface area contributed by atoms with Gasteiger partial charge in [0.15, 0.2) is 0 Å². The molecular formula is C18H27N7O. The predicted molar refractivity (Wildman–Crippen MR) is 101 cm³/mol. The van der Waals surface area contributed by atoms with E-state index in [9.17, 15) is 4.79 Å². The van der Waals surface area contributed by atoms with E-state index in [1.165, 1.54) is 0 Å². The zero-order valence-corrected chi connectivity index (χ0v) is 16.1. The van der Waals surface area contributed by atoms with Crippen molar-refractivity contribution in [3.8, 4) is 0 Å². The van der Waals surface area contributed by atoms with Gasteiger partial charge in [-0.15, -0.1) is 0 Å². The zero-order valence-electron chi connectivity index (χ0n) is 16.1. The van der Waals surface area contributed by atoms with Crippen LogP contribution in [0.4, 0.5) is 11.6 Å². The summed E-state index contributed by atoms with van der Waals surface area (Å²) in [5.74, 6) is 1.61. The van der Waals surface area contributed by atoms with Crippen LogP contribution >= 0.6 is 0 Å². The van der Waals surface area contributed by atoms with Gasteiger partial charge < -0.3 is 15.1 Å². The molecule has 140 valence electrons. The van der Waals surface area contributed by atoms with Crippen molar-refractivity contribution in [1.82, 2.24) is 24.6 Å². The molecule has 1 N–H and O–H groups in total. The molecule has 1 amide bonds. The van der Waals surface area contributed by atoms with Crippen LogP contribution in [-0.4, -0.2) is 57.2 Å². The summed E-state index contributed by atoms with van der Waals surface area (Å²) in [4.78, 5) is 24.5. The van der Waals surface area contributed by atoms with E-state index in [4.69, 9.17) is 0 Å². The third-order valence-corrected chi connectivity index (χ3v) is 4.65. The van der Waals surface area contributed by atoms with Crippen LogP contribution in [0.25, 0.3) is 0 Å². The second kappa shape index (κ2) is 6.93. The molecule has 3 heterocycles. The van der Waals surface area contributed by atoms with E-state index in [1.54, 1.807) is 15.9 Å². The maximum atomic E-state index is 12.0. The summed E-state index contributed by atoms with van der Waals surface area (Å²) in [6.45, 7) is 8.35. The molecule has 0 radical (unpaired) electrons. The molecule has 2 aromatic heterocycles. The molecule has 0 spiro atoms. The van der Waals surface area contributed by atoms with E-state index in [2.05, 4.69) is 41.2 Å². The smallest absolute Gasteiger partial charge is 0.241 e. The number of aromatic nitrogens is 4. The molecule has 3 rings (SSSR count). The van der Waals surface area contributed by atoms with E-state index < -0.39 is 0 Å². The standard InChI is InChI=1S/C18H27N7O/c1-18(2,3)17(13-9-21-24(5)10-13)22-14-8-15(20-12-19-14)25-7-6-23(4)16(26)11-25/h8-10,12,17H,6-7,11H2,1-5H3,(H,19,20,22). The van der Waals surface area contributed by atoms with Crippen LogP contribution in [0.2, 0.25) is 0 Å². The highest BCUT2D eigenvalue weighted by molar-refractivity contribution is 5.82. The van der Waals surface area contributed by atoms with Crippen LogP contribution in [0, 0.1) is 5.41 Å². The van der Waals surface area contributed by atoms with Gasteiger partial charge in [0.05, 0.1) is 18.8 Å². The van der Waals surface area contributed by atoms with Crippen molar-refractivity contribution in [3.63, 3.8) is 0 Å². The number of likely N-dealkylation sites (N-methyl/N-ethyl adjacent to an activating group) is 1. The lowest BCUT2D eigenvalue weighted by atomic mass is 9.83. The third-order valence-electron chi connectivity index (χ3n) is 4.65. The molecule has 0 aliphatic carbocycles. The lowest BCUT2D eigenvalue weighted by molar-refractivity contribution is -0.129. The molecule has 1 atom stereocenters. The molecule has 0 bridgehead atoms. The first-order valence-corrected chi connectivity index (χ1v) is 8.80. The molecule has 2 aromatic rings. The fourth-order valence-electron chi connectivity index (χ4n) is 3.09. The van der Waals surface area contributed by atoms with Crippen molar-refractivity contribution in [3.05, 3.63) is 30.4 Å².